The van der Waals surface area contributed by atoms with Crippen molar-refractivity contribution in [1.82, 2.24) is 10.2 Å². The van der Waals surface area contributed by atoms with Gasteiger partial charge in [0.15, 0.2) is 0 Å². The molecule has 1 aliphatic heterocycles. The summed E-state index contributed by atoms with van der Waals surface area (Å²) in [6, 6.07) is -0.224. The first-order valence-electron chi connectivity index (χ1n) is 5.46. The van der Waals surface area contributed by atoms with Crippen LogP contribution in [0.3, 0.4) is 0 Å². The van der Waals surface area contributed by atoms with Crippen LogP contribution in [0.2, 0.25) is 0 Å². The number of carboxylic acids is 1. The number of carbonyl (C=O) groups is 2. The van der Waals surface area contributed by atoms with E-state index in [1.54, 1.807) is 11.8 Å². The van der Waals surface area contributed by atoms with Gasteiger partial charge in [-0.25, -0.2) is 4.79 Å². The summed E-state index contributed by atoms with van der Waals surface area (Å²) in [5, 5.41) is 11.7. The second-order valence-corrected chi connectivity index (χ2v) is 4.41. The van der Waals surface area contributed by atoms with Gasteiger partial charge in [0.25, 0.3) is 0 Å². The lowest BCUT2D eigenvalue weighted by molar-refractivity contribution is -0.150. The molecule has 0 bridgehead atoms. The Morgan fingerprint density at radius 1 is 1.56 bits per heavy atom. The van der Waals surface area contributed by atoms with Crippen molar-refractivity contribution < 1.29 is 14.7 Å². The quantitative estimate of drug-likeness (QED) is 0.626. The van der Waals surface area contributed by atoms with Gasteiger partial charge in [0.2, 0.25) is 0 Å². The third-order valence-corrected chi connectivity index (χ3v) is 2.92. The van der Waals surface area contributed by atoms with Crippen LogP contribution in [0.15, 0.2) is 0 Å². The minimum atomic E-state index is -0.844. The summed E-state index contributed by atoms with van der Waals surface area (Å²) in [6.07, 6.45) is 1.34. The number of piperidine rings is 1. The number of amides is 2. The second-order valence-electron chi connectivity index (χ2n) is 4.41. The van der Waals surface area contributed by atoms with Crippen LogP contribution in [0.5, 0.6) is 0 Å². The van der Waals surface area contributed by atoms with Crippen LogP contribution in [0, 0.1) is 5.41 Å². The molecule has 0 spiro atoms. The zero-order valence-corrected chi connectivity index (χ0v) is 9.53. The van der Waals surface area contributed by atoms with Gasteiger partial charge in [-0.1, -0.05) is 0 Å². The minimum absolute atomic E-state index is 0.224. The Labute approximate surface area is 94.8 Å². The van der Waals surface area contributed by atoms with Crippen molar-refractivity contribution in [2.45, 2.75) is 19.8 Å². The van der Waals surface area contributed by atoms with Crippen molar-refractivity contribution >= 4 is 12.0 Å². The summed E-state index contributed by atoms with van der Waals surface area (Å²) in [5.41, 5.74) is 4.46. The number of carbonyl (C=O) groups excluding carboxylic acids is 1. The largest absolute Gasteiger partial charge is 0.481 e. The molecular formula is C10H19N3O3. The molecule has 0 aliphatic carbocycles. The van der Waals surface area contributed by atoms with E-state index in [2.05, 4.69) is 5.32 Å². The van der Waals surface area contributed by atoms with E-state index < -0.39 is 11.4 Å². The van der Waals surface area contributed by atoms with E-state index in [1.165, 1.54) is 0 Å². The normalized spacial score (nSPS) is 25.2. The number of nitrogens with zero attached hydrogens (tertiary/aromatic N) is 1. The Balaban J connectivity index is 2.56. The number of nitrogens with two attached hydrogens (primary N) is 1. The number of rotatable bonds is 3. The molecule has 0 aromatic rings. The summed E-state index contributed by atoms with van der Waals surface area (Å²) in [6.45, 7) is 3.35. The van der Waals surface area contributed by atoms with Gasteiger partial charge in [0.1, 0.15) is 0 Å². The number of urea groups is 1. The summed E-state index contributed by atoms with van der Waals surface area (Å²) in [7, 11) is 0. The van der Waals surface area contributed by atoms with Gasteiger partial charge in [0, 0.05) is 26.2 Å². The Morgan fingerprint density at radius 2 is 2.25 bits per heavy atom. The molecule has 1 atom stereocenters. The van der Waals surface area contributed by atoms with Crippen LogP contribution in [0.1, 0.15) is 19.8 Å². The zero-order chi connectivity index (χ0) is 12.2. The van der Waals surface area contributed by atoms with Crippen molar-refractivity contribution in [2.75, 3.05) is 26.2 Å². The smallest absolute Gasteiger partial charge is 0.317 e. The molecule has 6 heteroatoms. The highest BCUT2D eigenvalue weighted by molar-refractivity contribution is 5.78. The first-order valence-corrected chi connectivity index (χ1v) is 5.46. The number of aliphatic carboxylic acids is 1. The van der Waals surface area contributed by atoms with E-state index in [1.807, 2.05) is 0 Å². The molecule has 4 N–H and O–H groups in total. The predicted octanol–water partition coefficient (Wildman–Crippen LogP) is -0.159. The zero-order valence-electron chi connectivity index (χ0n) is 9.53. The van der Waals surface area contributed by atoms with Gasteiger partial charge >= 0.3 is 12.0 Å². The van der Waals surface area contributed by atoms with E-state index in [0.717, 1.165) is 6.42 Å². The van der Waals surface area contributed by atoms with Crippen molar-refractivity contribution in [3.63, 3.8) is 0 Å². The fraction of sp³-hybridized carbons (Fsp3) is 0.800. The van der Waals surface area contributed by atoms with Crippen LogP contribution < -0.4 is 11.1 Å². The number of carboxylic acid groups (broad SMARTS) is 1. The van der Waals surface area contributed by atoms with Crippen LogP contribution in [-0.2, 0) is 4.79 Å². The summed E-state index contributed by atoms with van der Waals surface area (Å²) in [5.74, 6) is -0.844. The summed E-state index contributed by atoms with van der Waals surface area (Å²) in [4.78, 5) is 24.3. The lowest BCUT2D eigenvalue weighted by atomic mass is 9.82. The molecule has 16 heavy (non-hydrogen) atoms. The van der Waals surface area contributed by atoms with E-state index in [0.29, 0.717) is 26.1 Å². The van der Waals surface area contributed by atoms with E-state index in [4.69, 9.17) is 10.8 Å². The predicted molar refractivity (Wildman–Crippen MR) is 59.0 cm³/mol. The van der Waals surface area contributed by atoms with Gasteiger partial charge in [0.05, 0.1) is 5.41 Å². The second kappa shape index (κ2) is 5.16. The summed E-state index contributed by atoms with van der Waals surface area (Å²) >= 11 is 0. The van der Waals surface area contributed by atoms with E-state index >= 15 is 0 Å². The molecule has 92 valence electrons. The maximum Gasteiger partial charge on any atom is 0.317 e. The third kappa shape index (κ3) is 2.85. The standard InChI is InChI=1S/C10H19N3O3/c1-10(8(14)15)3-2-6-13(7-10)9(16)12-5-4-11/h2-7,11H2,1H3,(H,12,16)(H,14,15). The van der Waals surface area contributed by atoms with Crippen molar-refractivity contribution in [3.05, 3.63) is 0 Å². The SMILES string of the molecule is CC1(C(=O)O)CCCN(C(=O)NCCN)C1. The highest BCUT2D eigenvalue weighted by Crippen LogP contribution is 2.29. The Morgan fingerprint density at radius 3 is 2.81 bits per heavy atom. The van der Waals surface area contributed by atoms with Gasteiger partial charge < -0.3 is 21.1 Å². The number of likely N-dealkylation sites (tertiary alicyclic amines) is 1. The van der Waals surface area contributed by atoms with Crippen LogP contribution in [0.4, 0.5) is 4.79 Å². The van der Waals surface area contributed by atoms with Gasteiger partial charge in [-0.05, 0) is 19.8 Å². The van der Waals surface area contributed by atoms with Gasteiger partial charge in [-0.3, -0.25) is 4.79 Å². The maximum absolute atomic E-state index is 11.6. The average molecular weight is 229 g/mol. The number of nitrogens with one attached hydrogen (secondary N) is 1. The number of hydrogen-bond donors (Lipinski definition) is 3. The molecule has 0 aromatic carbocycles. The maximum atomic E-state index is 11.6. The monoisotopic (exact) mass is 229 g/mol. The Kier molecular flexibility index (Phi) is 4.12. The third-order valence-electron chi connectivity index (χ3n) is 2.92. The first kappa shape index (κ1) is 12.8. The average Bonchev–Trinajstić information content (AvgIpc) is 2.25. The lowest BCUT2D eigenvalue weighted by Crippen LogP contribution is -2.52. The topological polar surface area (TPSA) is 95.7 Å². The van der Waals surface area contributed by atoms with Crippen molar-refractivity contribution in [2.24, 2.45) is 11.1 Å². The molecule has 1 heterocycles. The number of hydrogen-bond acceptors (Lipinski definition) is 3. The molecule has 1 aliphatic rings. The van der Waals surface area contributed by atoms with Crippen LogP contribution in [0.25, 0.3) is 0 Å². The first-order chi connectivity index (χ1) is 7.49. The Bertz CT molecular complexity index is 282. The van der Waals surface area contributed by atoms with Gasteiger partial charge in [-0.2, -0.15) is 0 Å². The molecule has 1 saturated heterocycles. The molecule has 2 amide bonds. The van der Waals surface area contributed by atoms with E-state index in [9.17, 15) is 9.59 Å². The molecule has 6 nitrogen and oxygen atoms in total. The molecule has 0 aromatic heterocycles. The molecule has 1 fully saturated rings. The van der Waals surface area contributed by atoms with Gasteiger partial charge in [-0.15, -0.1) is 0 Å². The molecule has 1 unspecified atom stereocenters. The van der Waals surface area contributed by atoms with Crippen LogP contribution >= 0.6 is 0 Å². The lowest BCUT2D eigenvalue weighted by Gasteiger charge is -2.37. The minimum Gasteiger partial charge on any atom is -0.481 e. The van der Waals surface area contributed by atoms with E-state index in [-0.39, 0.29) is 12.6 Å². The molecule has 0 radical (unpaired) electrons. The Hall–Kier alpha value is -1.30. The highest BCUT2D eigenvalue weighted by atomic mass is 16.4. The molecule has 0 saturated carbocycles. The highest BCUT2D eigenvalue weighted by Gasteiger charge is 2.39. The summed E-state index contributed by atoms with van der Waals surface area (Å²) < 4.78 is 0. The fourth-order valence-electron chi connectivity index (χ4n) is 1.88. The molecule has 1 rings (SSSR count). The van der Waals surface area contributed by atoms with Crippen molar-refractivity contribution in [3.8, 4) is 0 Å². The van der Waals surface area contributed by atoms with Crippen molar-refractivity contribution in [1.29, 1.82) is 0 Å². The molecular weight excluding hydrogens is 210 g/mol. The van der Waals surface area contributed by atoms with Crippen LogP contribution in [-0.4, -0.2) is 48.2 Å². The fourth-order valence-corrected chi connectivity index (χ4v) is 1.88.